The highest BCUT2D eigenvalue weighted by Crippen LogP contribution is 1.96. The van der Waals surface area contributed by atoms with Gasteiger partial charge in [-0.05, 0) is 6.42 Å². The molecule has 0 aliphatic carbocycles. The van der Waals surface area contributed by atoms with Crippen molar-refractivity contribution >= 4 is 5.91 Å². The van der Waals surface area contributed by atoms with E-state index in [0.717, 1.165) is 13.0 Å². The summed E-state index contributed by atoms with van der Waals surface area (Å²) < 4.78 is 0. The maximum absolute atomic E-state index is 11.4. The lowest BCUT2D eigenvalue weighted by atomic mass is 10.1. The number of carbonyl (C=O) groups is 1. The average molecular weight is 210 g/mol. The van der Waals surface area contributed by atoms with E-state index < -0.39 is 0 Å². The summed E-state index contributed by atoms with van der Waals surface area (Å²) in [6.45, 7) is 6.86. The SMILES string of the molecule is C#CCC(CC)NC(=O)CCNC(C)C. The van der Waals surface area contributed by atoms with Crippen molar-refractivity contribution in [1.29, 1.82) is 0 Å². The molecule has 1 unspecified atom stereocenters. The molecule has 0 aliphatic heterocycles. The highest BCUT2D eigenvalue weighted by atomic mass is 16.1. The molecule has 86 valence electrons. The molecule has 1 atom stereocenters. The van der Waals surface area contributed by atoms with Gasteiger partial charge >= 0.3 is 0 Å². The first-order chi connectivity index (χ1) is 7.10. The Labute approximate surface area is 93.0 Å². The Morgan fingerprint density at radius 3 is 2.60 bits per heavy atom. The van der Waals surface area contributed by atoms with Crippen LogP contribution in [0.15, 0.2) is 0 Å². The van der Waals surface area contributed by atoms with Gasteiger partial charge in [-0.25, -0.2) is 0 Å². The lowest BCUT2D eigenvalue weighted by Crippen LogP contribution is -2.36. The van der Waals surface area contributed by atoms with Crippen LogP contribution in [0.25, 0.3) is 0 Å². The third-order valence-electron chi connectivity index (χ3n) is 2.13. The highest BCUT2D eigenvalue weighted by Gasteiger charge is 2.08. The monoisotopic (exact) mass is 210 g/mol. The van der Waals surface area contributed by atoms with Crippen LogP contribution in [0.3, 0.4) is 0 Å². The molecule has 0 heterocycles. The van der Waals surface area contributed by atoms with Gasteiger partial charge in [0.2, 0.25) is 5.91 Å². The summed E-state index contributed by atoms with van der Waals surface area (Å²) in [5, 5.41) is 6.12. The van der Waals surface area contributed by atoms with Crippen LogP contribution in [0.4, 0.5) is 0 Å². The first kappa shape index (κ1) is 14.0. The highest BCUT2D eigenvalue weighted by molar-refractivity contribution is 5.76. The van der Waals surface area contributed by atoms with E-state index in [0.29, 0.717) is 18.9 Å². The second kappa shape index (κ2) is 8.31. The van der Waals surface area contributed by atoms with E-state index in [1.807, 2.05) is 6.92 Å². The lowest BCUT2D eigenvalue weighted by Gasteiger charge is -2.14. The predicted octanol–water partition coefficient (Wildman–Crippen LogP) is 1.29. The smallest absolute Gasteiger partial charge is 0.221 e. The number of hydrogen-bond donors (Lipinski definition) is 2. The molecule has 3 nitrogen and oxygen atoms in total. The molecule has 0 fully saturated rings. The quantitative estimate of drug-likeness (QED) is 0.622. The average Bonchev–Trinajstić information content (AvgIpc) is 2.16. The zero-order valence-electron chi connectivity index (χ0n) is 9.97. The summed E-state index contributed by atoms with van der Waals surface area (Å²) in [5.74, 6) is 2.64. The van der Waals surface area contributed by atoms with Gasteiger partial charge in [0.25, 0.3) is 0 Å². The molecule has 0 aromatic rings. The molecule has 2 N–H and O–H groups in total. The summed E-state index contributed by atoms with van der Waals surface area (Å²) in [6, 6.07) is 0.548. The van der Waals surface area contributed by atoms with Gasteiger partial charge in [0, 0.05) is 31.5 Å². The summed E-state index contributed by atoms with van der Waals surface area (Å²) >= 11 is 0. The third kappa shape index (κ3) is 8.02. The van der Waals surface area contributed by atoms with Crippen molar-refractivity contribution in [2.75, 3.05) is 6.54 Å². The van der Waals surface area contributed by atoms with Gasteiger partial charge < -0.3 is 10.6 Å². The number of carbonyl (C=O) groups excluding carboxylic acids is 1. The normalized spacial score (nSPS) is 12.2. The molecule has 0 rings (SSSR count). The topological polar surface area (TPSA) is 41.1 Å². The van der Waals surface area contributed by atoms with Gasteiger partial charge in [-0.15, -0.1) is 12.3 Å². The molecule has 0 aromatic heterocycles. The van der Waals surface area contributed by atoms with Gasteiger partial charge in [0.05, 0.1) is 0 Å². The fraction of sp³-hybridized carbons (Fsp3) is 0.750. The minimum atomic E-state index is 0.0743. The first-order valence-electron chi connectivity index (χ1n) is 5.56. The molecule has 0 radical (unpaired) electrons. The lowest BCUT2D eigenvalue weighted by molar-refractivity contribution is -0.121. The zero-order valence-corrected chi connectivity index (χ0v) is 9.97. The van der Waals surface area contributed by atoms with E-state index in [1.165, 1.54) is 0 Å². The second-order valence-corrected chi connectivity index (χ2v) is 3.94. The third-order valence-corrected chi connectivity index (χ3v) is 2.13. The van der Waals surface area contributed by atoms with Crippen LogP contribution in [-0.4, -0.2) is 24.5 Å². The maximum Gasteiger partial charge on any atom is 0.221 e. The number of nitrogens with one attached hydrogen (secondary N) is 2. The van der Waals surface area contributed by atoms with E-state index in [9.17, 15) is 4.79 Å². The fourth-order valence-electron chi connectivity index (χ4n) is 1.21. The molecule has 0 aromatic carbocycles. The van der Waals surface area contributed by atoms with Gasteiger partial charge in [-0.2, -0.15) is 0 Å². The van der Waals surface area contributed by atoms with Crippen LogP contribution < -0.4 is 10.6 Å². The Bertz CT molecular complexity index is 218. The summed E-state index contributed by atoms with van der Waals surface area (Å²) in [6.07, 6.45) is 7.21. The summed E-state index contributed by atoms with van der Waals surface area (Å²) in [5.41, 5.74) is 0. The van der Waals surface area contributed by atoms with Crippen molar-refractivity contribution in [3.05, 3.63) is 0 Å². The molecule has 0 spiro atoms. The van der Waals surface area contributed by atoms with Crippen LogP contribution in [0.1, 0.15) is 40.0 Å². The largest absolute Gasteiger partial charge is 0.352 e. The molecule has 0 bridgehead atoms. The molecule has 0 aliphatic rings. The van der Waals surface area contributed by atoms with E-state index in [2.05, 4.69) is 30.4 Å². The van der Waals surface area contributed by atoms with Crippen LogP contribution in [0.2, 0.25) is 0 Å². The maximum atomic E-state index is 11.4. The molecular weight excluding hydrogens is 188 g/mol. The minimum absolute atomic E-state index is 0.0743. The van der Waals surface area contributed by atoms with Crippen molar-refractivity contribution in [3.8, 4) is 12.3 Å². The molecule has 0 saturated heterocycles. The Morgan fingerprint density at radius 2 is 2.13 bits per heavy atom. The first-order valence-corrected chi connectivity index (χ1v) is 5.56. The molecular formula is C12H22N2O. The Hall–Kier alpha value is -1.01. The molecule has 3 heteroatoms. The predicted molar refractivity (Wildman–Crippen MR) is 63.4 cm³/mol. The molecule has 15 heavy (non-hydrogen) atoms. The van der Waals surface area contributed by atoms with Crippen LogP contribution in [0.5, 0.6) is 0 Å². The van der Waals surface area contributed by atoms with Crippen LogP contribution in [0, 0.1) is 12.3 Å². The Morgan fingerprint density at radius 1 is 1.47 bits per heavy atom. The number of rotatable bonds is 7. The fourth-order valence-corrected chi connectivity index (χ4v) is 1.21. The Kier molecular flexibility index (Phi) is 7.75. The van der Waals surface area contributed by atoms with E-state index >= 15 is 0 Å². The zero-order chi connectivity index (χ0) is 11.7. The standard InChI is InChI=1S/C12H22N2O/c1-5-7-11(6-2)14-12(15)8-9-13-10(3)4/h1,10-11,13H,6-9H2,2-4H3,(H,14,15). The van der Waals surface area contributed by atoms with Crippen molar-refractivity contribution in [2.24, 2.45) is 0 Å². The number of hydrogen-bond acceptors (Lipinski definition) is 2. The van der Waals surface area contributed by atoms with Crippen LogP contribution in [-0.2, 0) is 4.79 Å². The minimum Gasteiger partial charge on any atom is -0.352 e. The van der Waals surface area contributed by atoms with Gasteiger partial charge in [-0.3, -0.25) is 4.79 Å². The van der Waals surface area contributed by atoms with E-state index in [1.54, 1.807) is 0 Å². The Balaban J connectivity index is 3.67. The van der Waals surface area contributed by atoms with Gasteiger partial charge in [0.15, 0.2) is 0 Å². The van der Waals surface area contributed by atoms with Crippen molar-refractivity contribution in [3.63, 3.8) is 0 Å². The summed E-state index contributed by atoms with van der Waals surface area (Å²) in [4.78, 5) is 11.4. The van der Waals surface area contributed by atoms with Crippen molar-refractivity contribution in [1.82, 2.24) is 10.6 Å². The van der Waals surface area contributed by atoms with Crippen molar-refractivity contribution in [2.45, 2.75) is 52.1 Å². The second-order valence-electron chi connectivity index (χ2n) is 3.94. The number of amides is 1. The van der Waals surface area contributed by atoms with E-state index in [4.69, 9.17) is 6.42 Å². The molecule has 0 saturated carbocycles. The van der Waals surface area contributed by atoms with Crippen LogP contribution >= 0.6 is 0 Å². The van der Waals surface area contributed by atoms with Crippen molar-refractivity contribution < 1.29 is 4.79 Å². The van der Waals surface area contributed by atoms with Gasteiger partial charge in [-0.1, -0.05) is 20.8 Å². The van der Waals surface area contributed by atoms with Gasteiger partial charge in [0.1, 0.15) is 0 Å². The summed E-state index contributed by atoms with van der Waals surface area (Å²) in [7, 11) is 0. The van der Waals surface area contributed by atoms with E-state index in [-0.39, 0.29) is 11.9 Å². The number of terminal acetylenes is 1. The molecule has 1 amide bonds.